The molecular weight excluding hydrogens is 286 g/mol. The van der Waals surface area contributed by atoms with Crippen LogP contribution in [0.2, 0.25) is 0 Å². The average Bonchev–Trinajstić information content (AvgIpc) is 2.27. The molecule has 0 saturated heterocycles. The first-order valence-electron chi connectivity index (χ1n) is 5.89. The lowest BCUT2D eigenvalue weighted by Gasteiger charge is -2.08. The maximum atomic E-state index is 11.9. The van der Waals surface area contributed by atoms with Crippen molar-refractivity contribution in [2.75, 3.05) is 18.6 Å². The molecule has 0 atom stereocenters. The number of rotatable bonds is 6. The summed E-state index contributed by atoms with van der Waals surface area (Å²) >= 11 is 0. The van der Waals surface area contributed by atoms with Crippen molar-refractivity contribution in [3.8, 4) is 0 Å². The molecule has 0 aromatic heterocycles. The van der Waals surface area contributed by atoms with Crippen LogP contribution in [0.25, 0.3) is 0 Å². The maximum absolute atomic E-state index is 11.9. The van der Waals surface area contributed by atoms with Gasteiger partial charge in [0.2, 0.25) is 10.0 Å². The Kier molecular flexibility index (Phi) is 5.11. The van der Waals surface area contributed by atoms with E-state index >= 15 is 0 Å². The molecule has 0 saturated carbocycles. The van der Waals surface area contributed by atoms with E-state index in [1.54, 1.807) is 12.1 Å². The topological polar surface area (TPSA) is 80.3 Å². The molecule has 19 heavy (non-hydrogen) atoms. The van der Waals surface area contributed by atoms with E-state index in [9.17, 15) is 16.8 Å². The van der Waals surface area contributed by atoms with Crippen LogP contribution >= 0.6 is 0 Å². The van der Waals surface area contributed by atoms with Crippen molar-refractivity contribution in [2.24, 2.45) is 0 Å². The van der Waals surface area contributed by atoms with E-state index in [4.69, 9.17) is 0 Å². The van der Waals surface area contributed by atoms with Gasteiger partial charge in [0.05, 0.1) is 10.6 Å². The second-order valence-electron chi connectivity index (χ2n) is 4.75. The summed E-state index contributed by atoms with van der Waals surface area (Å²) in [6, 6.07) is 6.57. The van der Waals surface area contributed by atoms with Gasteiger partial charge in [-0.05, 0) is 23.6 Å². The van der Waals surface area contributed by atoms with Gasteiger partial charge >= 0.3 is 0 Å². The van der Waals surface area contributed by atoms with Crippen LogP contribution < -0.4 is 4.72 Å². The van der Waals surface area contributed by atoms with E-state index in [1.807, 2.05) is 13.8 Å². The Balaban J connectivity index is 2.77. The maximum Gasteiger partial charge on any atom is 0.240 e. The smallest absolute Gasteiger partial charge is 0.229 e. The highest BCUT2D eigenvalue weighted by atomic mass is 32.2. The van der Waals surface area contributed by atoms with E-state index in [1.165, 1.54) is 12.1 Å². The van der Waals surface area contributed by atoms with Gasteiger partial charge in [-0.2, -0.15) is 0 Å². The predicted molar refractivity (Wildman–Crippen MR) is 75.4 cm³/mol. The number of hydrogen-bond donors (Lipinski definition) is 1. The number of nitrogens with one attached hydrogen (secondary N) is 1. The minimum absolute atomic E-state index is 0.118. The number of sulfone groups is 1. The fraction of sp³-hybridized carbons (Fsp3) is 0.500. The molecule has 0 aliphatic heterocycles. The highest BCUT2D eigenvalue weighted by molar-refractivity contribution is 7.91. The van der Waals surface area contributed by atoms with Crippen LogP contribution in [0, 0.1) is 0 Å². The molecule has 108 valence electrons. The molecule has 7 heteroatoms. The lowest BCUT2D eigenvalue weighted by Crippen LogP contribution is -2.28. The lowest BCUT2D eigenvalue weighted by atomic mass is 10.0. The molecule has 5 nitrogen and oxygen atoms in total. The highest BCUT2D eigenvalue weighted by Crippen LogP contribution is 2.17. The molecule has 0 spiro atoms. The summed E-state index contributed by atoms with van der Waals surface area (Å²) in [5.41, 5.74) is 1.05. The summed E-state index contributed by atoms with van der Waals surface area (Å²) in [6.07, 6.45) is 1.07. The Bertz CT molecular complexity index is 616. The van der Waals surface area contributed by atoms with Crippen molar-refractivity contribution in [1.29, 1.82) is 0 Å². The zero-order chi connectivity index (χ0) is 14.7. The zero-order valence-corrected chi connectivity index (χ0v) is 12.9. The molecule has 1 N–H and O–H groups in total. The summed E-state index contributed by atoms with van der Waals surface area (Å²) in [6.45, 7) is 3.93. The van der Waals surface area contributed by atoms with Gasteiger partial charge in [0.25, 0.3) is 0 Å². The second-order valence-corrected chi connectivity index (χ2v) is 8.78. The molecule has 0 bridgehead atoms. The van der Waals surface area contributed by atoms with Crippen LogP contribution in [0.5, 0.6) is 0 Å². The van der Waals surface area contributed by atoms with Crippen LogP contribution in [-0.4, -0.2) is 35.4 Å². The number of sulfonamides is 1. The Morgan fingerprint density at radius 3 is 2.00 bits per heavy atom. The molecule has 1 aromatic carbocycles. The van der Waals surface area contributed by atoms with Gasteiger partial charge in [-0.15, -0.1) is 0 Å². The highest BCUT2D eigenvalue weighted by Gasteiger charge is 2.14. The van der Waals surface area contributed by atoms with Crippen LogP contribution in [0.4, 0.5) is 0 Å². The molecular formula is C12H19NO4S2. The standard InChI is InChI=1S/C12H19NO4S2/c1-10(2)11-4-6-12(7-5-11)19(16,17)13-8-9-18(3,14)15/h4-7,10,13H,8-9H2,1-3H3. The van der Waals surface area contributed by atoms with Crippen LogP contribution in [0.3, 0.4) is 0 Å². The SMILES string of the molecule is CC(C)c1ccc(S(=O)(=O)NCCS(C)(=O)=O)cc1. The van der Waals surface area contributed by atoms with Crippen molar-refractivity contribution >= 4 is 19.9 Å². The number of hydrogen-bond acceptors (Lipinski definition) is 4. The molecule has 0 aliphatic carbocycles. The molecule has 1 rings (SSSR count). The summed E-state index contributed by atoms with van der Waals surface area (Å²) in [5.74, 6) is 0.117. The Morgan fingerprint density at radius 2 is 1.58 bits per heavy atom. The first-order valence-corrected chi connectivity index (χ1v) is 9.43. The van der Waals surface area contributed by atoms with Gasteiger partial charge < -0.3 is 0 Å². The van der Waals surface area contributed by atoms with Crippen LogP contribution in [0.15, 0.2) is 29.2 Å². The summed E-state index contributed by atoms with van der Waals surface area (Å²) in [5, 5.41) is 0. The van der Waals surface area contributed by atoms with Gasteiger partial charge in [-0.3, -0.25) is 0 Å². The van der Waals surface area contributed by atoms with Crippen LogP contribution in [-0.2, 0) is 19.9 Å². The average molecular weight is 305 g/mol. The zero-order valence-electron chi connectivity index (χ0n) is 11.3. The first kappa shape index (κ1) is 16.1. The molecule has 0 aliphatic rings. The summed E-state index contributed by atoms with van der Waals surface area (Å²) in [4.78, 5) is 0.144. The monoisotopic (exact) mass is 305 g/mol. The quantitative estimate of drug-likeness (QED) is 0.854. The molecule has 0 fully saturated rings. The van der Waals surface area contributed by atoms with E-state index in [-0.39, 0.29) is 17.2 Å². The third-order valence-corrected chi connectivity index (χ3v) is 5.04. The third-order valence-electron chi connectivity index (χ3n) is 2.62. The van der Waals surface area contributed by atoms with Gasteiger partial charge in [0, 0.05) is 12.8 Å². The minimum Gasteiger partial charge on any atom is -0.229 e. The Morgan fingerprint density at radius 1 is 1.05 bits per heavy atom. The first-order chi connectivity index (χ1) is 8.62. The van der Waals surface area contributed by atoms with Crippen molar-refractivity contribution in [3.63, 3.8) is 0 Å². The van der Waals surface area contributed by atoms with E-state index in [2.05, 4.69) is 4.72 Å². The summed E-state index contributed by atoms with van der Waals surface area (Å²) < 4.78 is 47.9. The molecule has 0 heterocycles. The molecule has 1 aromatic rings. The Labute approximate surface area is 115 Å². The normalized spacial score (nSPS) is 12.8. The molecule has 0 unspecified atom stereocenters. The van der Waals surface area contributed by atoms with Crippen molar-refractivity contribution in [2.45, 2.75) is 24.7 Å². The second kappa shape index (κ2) is 6.02. The fourth-order valence-corrected chi connectivity index (χ4v) is 3.11. The van der Waals surface area contributed by atoms with E-state index in [0.717, 1.165) is 11.8 Å². The van der Waals surface area contributed by atoms with Gasteiger partial charge in [0.15, 0.2) is 0 Å². The fourth-order valence-electron chi connectivity index (χ4n) is 1.48. The largest absolute Gasteiger partial charge is 0.240 e. The van der Waals surface area contributed by atoms with Gasteiger partial charge in [-0.25, -0.2) is 21.6 Å². The molecule has 0 amide bonds. The van der Waals surface area contributed by atoms with Gasteiger partial charge in [-0.1, -0.05) is 26.0 Å². The van der Waals surface area contributed by atoms with E-state index in [0.29, 0.717) is 5.92 Å². The summed E-state index contributed by atoms with van der Waals surface area (Å²) in [7, 11) is -6.81. The molecule has 0 radical (unpaired) electrons. The van der Waals surface area contributed by atoms with Crippen molar-refractivity contribution < 1.29 is 16.8 Å². The predicted octanol–water partition coefficient (Wildman–Crippen LogP) is 1.13. The van der Waals surface area contributed by atoms with Crippen molar-refractivity contribution in [3.05, 3.63) is 29.8 Å². The van der Waals surface area contributed by atoms with Gasteiger partial charge in [0.1, 0.15) is 9.84 Å². The minimum atomic E-state index is -3.64. The van der Waals surface area contributed by atoms with Crippen LogP contribution in [0.1, 0.15) is 25.3 Å². The third kappa shape index (κ3) is 5.30. The lowest BCUT2D eigenvalue weighted by molar-refractivity contribution is 0.582. The van der Waals surface area contributed by atoms with E-state index < -0.39 is 19.9 Å². The number of benzene rings is 1. The Hall–Kier alpha value is -0.920. The van der Waals surface area contributed by atoms with Crippen molar-refractivity contribution in [1.82, 2.24) is 4.72 Å².